The second-order valence-electron chi connectivity index (χ2n) is 8.46. The molecule has 0 fully saturated rings. The maximum atomic E-state index is 12.9. The van der Waals surface area contributed by atoms with E-state index in [-0.39, 0.29) is 23.4 Å². The molecule has 0 saturated heterocycles. The molecule has 6 N–H and O–H groups in total. The van der Waals surface area contributed by atoms with Crippen molar-refractivity contribution in [2.45, 2.75) is 38.3 Å². The highest BCUT2D eigenvalue weighted by molar-refractivity contribution is 5.82. The molecule has 0 bridgehead atoms. The summed E-state index contributed by atoms with van der Waals surface area (Å²) in [5, 5.41) is 25.6. The minimum absolute atomic E-state index is 0.106. The van der Waals surface area contributed by atoms with Crippen molar-refractivity contribution in [1.29, 1.82) is 0 Å². The molecule has 3 aromatic rings. The Labute approximate surface area is 188 Å². The van der Waals surface area contributed by atoms with Crippen molar-refractivity contribution in [3.8, 4) is 11.5 Å². The normalized spacial score (nSPS) is 16.0. The molecule has 1 aliphatic heterocycles. The number of phenols is 2. The number of rotatable bonds is 6. The molecule has 0 saturated carbocycles. The molecule has 0 radical (unpaired) electrons. The number of aryl methyl sites for hydroxylation is 1. The van der Waals surface area contributed by atoms with Gasteiger partial charge >= 0.3 is 0 Å². The smallest absolute Gasteiger partial charge is 0.237 e. The van der Waals surface area contributed by atoms with Gasteiger partial charge in [-0.15, -0.1) is 0 Å². The summed E-state index contributed by atoms with van der Waals surface area (Å²) in [5.74, 6) is 0.281. The number of carbonyl (C=O) groups excluding carboxylic acids is 1. The van der Waals surface area contributed by atoms with Gasteiger partial charge in [0.25, 0.3) is 0 Å². The number of hydrogen-bond acceptors (Lipinski definition) is 5. The molecule has 32 heavy (non-hydrogen) atoms. The Morgan fingerprint density at radius 1 is 1.06 bits per heavy atom. The largest absolute Gasteiger partial charge is 0.508 e. The van der Waals surface area contributed by atoms with E-state index in [9.17, 15) is 15.0 Å². The summed E-state index contributed by atoms with van der Waals surface area (Å²) in [4.78, 5) is 12.9. The van der Waals surface area contributed by atoms with Crippen LogP contribution in [0.1, 0.15) is 40.3 Å². The van der Waals surface area contributed by atoms with E-state index in [1.54, 1.807) is 24.3 Å². The fourth-order valence-electron chi connectivity index (χ4n) is 4.20. The van der Waals surface area contributed by atoms with E-state index in [1.807, 2.05) is 25.1 Å². The summed E-state index contributed by atoms with van der Waals surface area (Å²) in [6.45, 7) is 2.68. The molecule has 3 aromatic carbocycles. The quantitative estimate of drug-likeness (QED) is 0.410. The van der Waals surface area contributed by atoms with Crippen molar-refractivity contribution in [1.82, 2.24) is 5.32 Å². The molecule has 0 aromatic heterocycles. The second kappa shape index (κ2) is 9.32. The minimum atomic E-state index is -0.670. The van der Waals surface area contributed by atoms with Gasteiger partial charge in [0, 0.05) is 12.2 Å². The lowest BCUT2D eigenvalue weighted by Crippen LogP contribution is -2.44. The third-order valence-corrected chi connectivity index (χ3v) is 6.00. The monoisotopic (exact) mass is 431 g/mol. The topological polar surface area (TPSA) is 108 Å². The van der Waals surface area contributed by atoms with Crippen LogP contribution < -0.4 is 16.4 Å². The molecule has 6 heteroatoms. The Kier molecular flexibility index (Phi) is 6.32. The first-order valence-electron chi connectivity index (χ1n) is 10.9. The zero-order chi connectivity index (χ0) is 22.7. The number of amides is 1. The maximum Gasteiger partial charge on any atom is 0.237 e. The van der Waals surface area contributed by atoms with Crippen molar-refractivity contribution in [3.05, 3.63) is 88.5 Å². The molecular formula is C26H29N3O3. The van der Waals surface area contributed by atoms with Crippen LogP contribution in [0.4, 0.5) is 5.69 Å². The predicted octanol–water partition coefficient (Wildman–Crippen LogP) is 3.54. The van der Waals surface area contributed by atoms with Crippen molar-refractivity contribution in [2.75, 3.05) is 11.9 Å². The zero-order valence-corrected chi connectivity index (χ0v) is 18.1. The van der Waals surface area contributed by atoms with Gasteiger partial charge in [0.2, 0.25) is 5.91 Å². The number of hydrogen-bond donors (Lipinski definition) is 5. The predicted molar refractivity (Wildman–Crippen MR) is 126 cm³/mol. The van der Waals surface area contributed by atoms with Crippen molar-refractivity contribution in [3.63, 3.8) is 0 Å². The number of phenolic OH excluding ortho intramolecular Hbond substituents is 2. The number of aromatic hydroxyl groups is 2. The Bertz CT molecular complexity index is 1110. The van der Waals surface area contributed by atoms with Crippen LogP contribution in [0.25, 0.3) is 0 Å². The highest BCUT2D eigenvalue weighted by Gasteiger charge is 2.25. The number of nitrogens with one attached hydrogen (secondary N) is 2. The van der Waals surface area contributed by atoms with Crippen molar-refractivity contribution < 1.29 is 15.0 Å². The van der Waals surface area contributed by atoms with Gasteiger partial charge in [-0.05, 0) is 84.3 Å². The summed E-state index contributed by atoms with van der Waals surface area (Å²) in [5.41, 5.74) is 12.4. The van der Waals surface area contributed by atoms with Crippen LogP contribution in [0.15, 0.2) is 60.7 Å². The van der Waals surface area contributed by atoms with Crippen LogP contribution in [-0.4, -0.2) is 28.7 Å². The summed E-state index contributed by atoms with van der Waals surface area (Å²) < 4.78 is 0. The van der Waals surface area contributed by atoms with E-state index in [0.29, 0.717) is 6.42 Å². The first-order valence-corrected chi connectivity index (χ1v) is 10.9. The summed E-state index contributed by atoms with van der Waals surface area (Å²) in [7, 11) is 0. The van der Waals surface area contributed by atoms with Crippen LogP contribution in [0.3, 0.4) is 0 Å². The molecule has 0 aliphatic carbocycles. The summed E-state index contributed by atoms with van der Waals surface area (Å²) >= 11 is 0. The molecule has 0 unspecified atom stereocenters. The molecule has 1 amide bonds. The number of fused-ring (bicyclic) bond motifs is 1. The van der Waals surface area contributed by atoms with Gasteiger partial charge in [-0.3, -0.25) is 4.79 Å². The standard InChI is InChI=1S/C26H29N3O3/c1-16-12-21(31)8-5-19(16)15-23(27)26(32)29-25-10-11-28-24-9-4-18(14-22(24)25)13-17-2-6-20(30)7-3-17/h2-9,12,14,23,25,28,30-31H,10-11,13,15,27H2,1H3,(H,29,32)/t23-,25+/m0/s1. The van der Waals surface area contributed by atoms with Crippen LogP contribution >= 0.6 is 0 Å². The molecule has 1 aliphatic rings. The van der Waals surface area contributed by atoms with Crippen LogP contribution in [0.2, 0.25) is 0 Å². The first-order chi connectivity index (χ1) is 15.4. The number of carbonyl (C=O) groups is 1. The van der Waals surface area contributed by atoms with E-state index in [2.05, 4.69) is 28.8 Å². The molecule has 4 rings (SSSR count). The number of nitrogens with two attached hydrogens (primary N) is 1. The van der Waals surface area contributed by atoms with Gasteiger partial charge in [-0.25, -0.2) is 0 Å². The molecule has 1 heterocycles. The average Bonchev–Trinajstić information content (AvgIpc) is 2.77. The average molecular weight is 432 g/mol. The second-order valence-corrected chi connectivity index (χ2v) is 8.46. The van der Waals surface area contributed by atoms with Gasteiger partial charge in [0.05, 0.1) is 12.1 Å². The van der Waals surface area contributed by atoms with Crippen LogP contribution in [0, 0.1) is 6.92 Å². The first kappa shape index (κ1) is 21.7. The molecule has 6 nitrogen and oxygen atoms in total. The van der Waals surface area contributed by atoms with E-state index in [0.717, 1.165) is 52.9 Å². The Morgan fingerprint density at radius 3 is 2.53 bits per heavy atom. The Balaban J connectivity index is 1.46. The Morgan fingerprint density at radius 2 is 1.78 bits per heavy atom. The van der Waals surface area contributed by atoms with Gasteiger partial charge in [0.1, 0.15) is 11.5 Å². The Hall–Kier alpha value is -3.51. The third kappa shape index (κ3) is 5.03. The van der Waals surface area contributed by atoms with Crippen molar-refractivity contribution >= 4 is 11.6 Å². The zero-order valence-electron chi connectivity index (χ0n) is 18.1. The van der Waals surface area contributed by atoms with E-state index >= 15 is 0 Å². The van der Waals surface area contributed by atoms with E-state index < -0.39 is 6.04 Å². The molecule has 2 atom stereocenters. The van der Waals surface area contributed by atoms with Gasteiger partial charge < -0.3 is 26.6 Å². The van der Waals surface area contributed by atoms with Crippen molar-refractivity contribution in [2.24, 2.45) is 5.73 Å². The van der Waals surface area contributed by atoms with Crippen LogP contribution in [0.5, 0.6) is 11.5 Å². The minimum Gasteiger partial charge on any atom is -0.508 e. The summed E-state index contributed by atoms with van der Waals surface area (Å²) in [6, 6.07) is 17.8. The maximum absolute atomic E-state index is 12.9. The molecular weight excluding hydrogens is 402 g/mol. The molecule has 0 spiro atoms. The lowest BCUT2D eigenvalue weighted by Gasteiger charge is -2.29. The summed E-state index contributed by atoms with van der Waals surface area (Å²) in [6.07, 6.45) is 1.94. The lowest BCUT2D eigenvalue weighted by atomic mass is 9.93. The van der Waals surface area contributed by atoms with Gasteiger partial charge in [0.15, 0.2) is 0 Å². The van der Waals surface area contributed by atoms with Gasteiger partial charge in [-0.2, -0.15) is 0 Å². The van der Waals surface area contributed by atoms with E-state index in [1.165, 1.54) is 0 Å². The number of benzene rings is 3. The fourth-order valence-corrected chi connectivity index (χ4v) is 4.20. The fraction of sp³-hybridized carbons (Fsp3) is 0.269. The SMILES string of the molecule is Cc1cc(O)ccc1C[C@H](N)C(=O)N[C@@H]1CCNc2ccc(Cc3ccc(O)cc3)cc21. The third-order valence-electron chi connectivity index (χ3n) is 6.00. The highest BCUT2D eigenvalue weighted by Crippen LogP contribution is 2.31. The highest BCUT2D eigenvalue weighted by atomic mass is 16.3. The van der Waals surface area contributed by atoms with Gasteiger partial charge in [-0.1, -0.05) is 30.3 Å². The van der Waals surface area contributed by atoms with E-state index in [4.69, 9.17) is 5.73 Å². The number of anilines is 1. The lowest BCUT2D eigenvalue weighted by molar-refractivity contribution is -0.123. The van der Waals surface area contributed by atoms with Crippen LogP contribution in [-0.2, 0) is 17.6 Å². The molecule has 166 valence electrons.